The molecule has 2 aromatic carbocycles. The zero-order chi connectivity index (χ0) is 18.8. The predicted octanol–water partition coefficient (Wildman–Crippen LogP) is 4.36. The lowest BCUT2D eigenvalue weighted by Crippen LogP contribution is -2.36. The smallest absolute Gasteiger partial charge is 0.144 e. The van der Waals surface area contributed by atoms with Gasteiger partial charge in [0.05, 0.1) is 41.2 Å². The van der Waals surface area contributed by atoms with E-state index in [0.29, 0.717) is 0 Å². The van der Waals surface area contributed by atoms with Gasteiger partial charge in [0.15, 0.2) is 0 Å². The van der Waals surface area contributed by atoms with Gasteiger partial charge in [-0.05, 0) is 18.2 Å². The minimum Gasteiger partial charge on any atom is -0.379 e. The summed E-state index contributed by atoms with van der Waals surface area (Å²) >= 11 is 3.51. The Balaban J connectivity index is 1.41. The summed E-state index contributed by atoms with van der Waals surface area (Å²) in [6, 6.07) is 16.6. The Morgan fingerprint density at radius 2 is 1.71 bits per heavy atom. The number of thiazole rings is 1. The monoisotopic (exact) mass is 408 g/mol. The van der Waals surface area contributed by atoms with Crippen LogP contribution in [0, 0.1) is 0 Å². The molecule has 1 fully saturated rings. The number of morpholine rings is 1. The number of aromatic nitrogens is 3. The summed E-state index contributed by atoms with van der Waals surface area (Å²) in [5, 5.41) is 3.27. The molecular weight excluding hydrogens is 388 g/mol. The van der Waals surface area contributed by atoms with E-state index in [9.17, 15) is 0 Å². The second kappa shape index (κ2) is 8.13. The van der Waals surface area contributed by atoms with Gasteiger partial charge in [0.25, 0.3) is 0 Å². The Labute approximate surface area is 171 Å². The number of para-hydroxylation sites is 2. The molecule has 28 heavy (non-hydrogen) atoms. The molecule has 0 bridgehead atoms. The molecule has 0 N–H and O–H groups in total. The third-order valence-electron chi connectivity index (χ3n) is 4.75. The number of thioether (sulfide) groups is 1. The first-order chi connectivity index (χ1) is 13.8. The molecule has 0 radical (unpaired) electrons. The molecule has 5 nitrogen and oxygen atoms in total. The van der Waals surface area contributed by atoms with Gasteiger partial charge < -0.3 is 4.74 Å². The van der Waals surface area contributed by atoms with Crippen molar-refractivity contribution < 1.29 is 4.74 Å². The number of rotatable bonds is 5. The molecule has 3 heterocycles. The van der Waals surface area contributed by atoms with Gasteiger partial charge in [-0.25, -0.2) is 15.0 Å². The number of hydrogen-bond acceptors (Lipinski definition) is 7. The zero-order valence-electron chi connectivity index (χ0n) is 15.4. The third-order valence-corrected chi connectivity index (χ3v) is 6.98. The number of hydrogen-bond donors (Lipinski definition) is 0. The Kier molecular flexibility index (Phi) is 5.22. The highest BCUT2D eigenvalue weighted by Crippen LogP contribution is 2.31. The van der Waals surface area contributed by atoms with Crippen LogP contribution in [-0.2, 0) is 17.0 Å². The maximum atomic E-state index is 5.45. The van der Waals surface area contributed by atoms with E-state index in [1.165, 1.54) is 4.70 Å². The molecule has 0 aliphatic carbocycles. The Hall–Kier alpha value is -2.06. The summed E-state index contributed by atoms with van der Waals surface area (Å²) in [6.45, 7) is 4.21. The fraction of sp³-hybridized carbons (Fsp3) is 0.286. The lowest BCUT2D eigenvalue weighted by Gasteiger charge is -2.25. The van der Waals surface area contributed by atoms with E-state index in [-0.39, 0.29) is 0 Å². The molecule has 142 valence electrons. The molecule has 1 aliphatic rings. The standard InChI is InChI=1S/C21H20N4OS2/c1-2-6-16-15(5-1)21(24-19(22-16)13-25-9-11-26-12-10-25)27-14-20-23-17-7-3-4-8-18(17)28-20/h1-8H,9-14H2. The third kappa shape index (κ3) is 3.89. The van der Waals surface area contributed by atoms with Gasteiger partial charge in [0.2, 0.25) is 0 Å². The number of nitrogens with zero attached hydrogens (tertiary/aromatic N) is 4. The van der Waals surface area contributed by atoms with Crippen molar-refractivity contribution in [2.24, 2.45) is 0 Å². The van der Waals surface area contributed by atoms with Crippen molar-refractivity contribution in [3.05, 3.63) is 59.4 Å². The van der Waals surface area contributed by atoms with Crippen LogP contribution in [0.4, 0.5) is 0 Å². The van der Waals surface area contributed by atoms with Crippen molar-refractivity contribution in [1.82, 2.24) is 19.9 Å². The summed E-state index contributed by atoms with van der Waals surface area (Å²) < 4.78 is 6.69. The Morgan fingerprint density at radius 1 is 0.929 bits per heavy atom. The van der Waals surface area contributed by atoms with Crippen LogP contribution in [0.5, 0.6) is 0 Å². The van der Waals surface area contributed by atoms with Gasteiger partial charge >= 0.3 is 0 Å². The molecular formula is C21H20N4OS2. The largest absolute Gasteiger partial charge is 0.379 e. The van der Waals surface area contributed by atoms with Crippen LogP contribution in [0.1, 0.15) is 10.8 Å². The van der Waals surface area contributed by atoms with Crippen molar-refractivity contribution >= 4 is 44.2 Å². The molecule has 0 amide bonds. The normalized spacial score (nSPS) is 15.4. The molecule has 7 heteroatoms. The van der Waals surface area contributed by atoms with Gasteiger partial charge in [0, 0.05) is 18.5 Å². The molecule has 2 aromatic heterocycles. The minimum atomic E-state index is 0.767. The van der Waals surface area contributed by atoms with E-state index in [1.807, 2.05) is 12.1 Å². The van der Waals surface area contributed by atoms with Crippen LogP contribution < -0.4 is 0 Å². The van der Waals surface area contributed by atoms with Crippen molar-refractivity contribution in [2.45, 2.75) is 17.3 Å². The summed E-state index contributed by atoms with van der Waals surface area (Å²) in [6.07, 6.45) is 0. The maximum absolute atomic E-state index is 5.45. The number of ether oxygens (including phenoxy) is 1. The summed E-state index contributed by atoms with van der Waals surface area (Å²) in [5.41, 5.74) is 2.08. The first kappa shape index (κ1) is 18.0. The topological polar surface area (TPSA) is 51.1 Å². The van der Waals surface area contributed by atoms with E-state index in [1.54, 1.807) is 23.1 Å². The highest BCUT2D eigenvalue weighted by atomic mass is 32.2. The van der Waals surface area contributed by atoms with Gasteiger partial charge in [-0.3, -0.25) is 4.90 Å². The van der Waals surface area contributed by atoms with Crippen LogP contribution in [0.25, 0.3) is 21.1 Å². The number of benzene rings is 2. The molecule has 0 saturated carbocycles. The van der Waals surface area contributed by atoms with Crippen molar-refractivity contribution in [3.63, 3.8) is 0 Å². The number of fused-ring (bicyclic) bond motifs is 2. The fourth-order valence-electron chi connectivity index (χ4n) is 3.35. The molecule has 0 unspecified atom stereocenters. The van der Waals surface area contributed by atoms with E-state index in [2.05, 4.69) is 41.3 Å². The fourth-order valence-corrected chi connectivity index (χ4v) is 5.34. The lowest BCUT2D eigenvalue weighted by atomic mass is 10.2. The van der Waals surface area contributed by atoms with E-state index >= 15 is 0 Å². The summed E-state index contributed by atoms with van der Waals surface area (Å²) in [5.74, 6) is 1.70. The summed E-state index contributed by atoms with van der Waals surface area (Å²) in [7, 11) is 0. The van der Waals surface area contributed by atoms with E-state index in [0.717, 1.165) is 70.9 Å². The highest BCUT2D eigenvalue weighted by Gasteiger charge is 2.15. The predicted molar refractivity (Wildman–Crippen MR) is 115 cm³/mol. The van der Waals surface area contributed by atoms with Gasteiger partial charge in [-0.1, -0.05) is 42.1 Å². The quantitative estimate of drug-likeness (QED) is 0.361. The van der Waals surface area contributed by atoms with Gasteiger partial charge in [-0.15, -0.1) is 11.3 Å². The van der Waals surface area contributed by atoms with Crippen molar-refractivity contribution in [1.29, 1.82) is 0 Å². The molecule has 0 spiro atoms. The molecule has 5 rings (SSSR count). The molecule has 0 atom stereocenters. The molecule has 4 aromatic rings. The van der Waals surface area contributed by atoms with Gasteiger partial charge in [-0.2, -0.15) is 0 Å². The average Bonchev–Trinajstić information content (AvgIpc) is 3.16. The van der Waals surface area contributed by atoms with Crippen molar-refractivity contribution in [3.8, 4) is 0 Å². The van der Waals surface area contributed by atoms with Crippen LogP contribution in [-0.4, -0.2) is 46.2 Å². The van der Waals surface area contributed by atoms with Gasteiger partial charge in [0.1, 0.15) is 15.9 Å². The maximum Gasteiger partial charge on any atom is 0.144 e. The average molecular weight is 409 g/mol. The second-order valence-corrected chi connectivity index (χ2v) is 8.79. The van der Waals surface area contributed by atoms with E-state index < -0.39 is 0 Å². The minimum absolute atomic E-state index is 0.767. The Bertz CT molecular complexity index is 1070. The lowest BCUT2D eigenvalue weighted by molar-refractivity contribution is 0.0330. The SMILES string of the molecule is c1ccc2sc(CSc3nc(CN4CCOCC4)nc4ccccc34)nc2c1. The van der Waals surface area contributed by atoms with Crippen LogP contribution in [0.3, 0.4) is 0 Å². The van der Waals surface area contributed by atoms with Crippen molar-refractivity contribution in [2.75, 3.05) is 26.3 Å². The summed E-state index contributed by atoms with van der Waals surface area (Å²) in [4.78, 5) is 16.8. The first-order valence-electron chi connectivity index (χ1n) is 9.38. The second-order valence-electron chi connectivity index (χ2n) is 6.71. The molecule has 1 saturated heterocycles. The van der Waals surface area contributed by atoms with E-state index in [4.69, 9.17) is 19.7 Å². The Morgan fingerprint density at radius 3 is 2.57 bits per heavy atom. The van der Waals surface area contributed by atoms with Crippen LogP contribution >= 0.6 is 23.1 Å². The van der Waals surface area contributed by atoms with Crippen LogP contribution in [0.15, 0.2) is 53.6 Å². The highest BCUT2D eigenvalue weighted by molar-refractivity contribution is 7.98. The molecule has 1 aliphatic heterocycles. The zero-order valence-corrected chi connectivity index (χ0v) is 17.0. The first-order valence-corrected chi connectivity index (χ1v) is 11.2. The van der Waals surface area contributed by atoms with Crippen LogP contribution in [0.2, 0.25) is 0 Å².